The van der Waals surface area contributed by atoms with E-state index in [2.05, 4.69) is 9.97 Å². The van der Waals surface area contributed by atoms with Gasteiger partial charge in [-0.25, -0.2) is 14.8 Å². The summed E-state index contributed by atoms with van der Waals surface area (Å²) in [6.07, 6.45) is 1.85. The Morgan fingerprint density at radius 2 is 2.13 bits per heavy atom. The van der Waals surface area contributed by atoms with Crippen LogP contribution in [0.1, 0.15) is 21.7 Å². The number of aromatic nitrogens is 3. The van der Waals surface area contributed by atoms with E-state index in [0.717, 1.165) is 5.56 Å². The molecule has 0 aromatic heterocycles. The summed E-state index contributed by atoms with van der Waals surface area (Å²) in [7, 11) is 1.50. The second-order valence-electron chi connectivity index (χ2n) is 4.97. The predicted molar refractivity (Wildman–Crippen MR) is 81.6 cm³/mol. The Bertz CT molecular complexity index is 828. The number of hydrogen-bond donors (Lipinski definition) is 2. The van der Waals surface area contributed by atoms with E-state index in [9.17, 15) is 9.90 Å². The molecule has 118 valence electrons. The molecule has 7 heteroatoms. The Morgan fingerprint density at radius 3 is 2.83 bits per heavy atom. The summed E-state index contributed by atoms with van der Waals surface area (Å²) in [5.41, 5.74) is 1.69. The lowest BCUT2D eigenvalue weighted by molar-refractivity contribution is 0.0696. The topological polar surface area (TPSA) is 97.5 Å². The fraction of sp³-hybridized carbons (Fsp3) is 0.188. The number of carbonyl (C=O) groups is 1. The summed E-state index contributed by atoms with van der Waals surface area (Å²) >= 11 is 0. The lowest BCUT2D eigenvalue weighted by atomic mass is 10.1. The van der Waals surface area contributed by atoms with E-state index in [1.54, 1.807) is 6.07 Å². The Labute approximate surface area is 132 Å². The lowest BCUT2D eigenvalue weighted by Crippen LogP contribution is -2.07. The minimum absolute atomic E-state index is 0.171. The number of aliphatic hydroxyl groups is 1. The molecule has 0 radical (unpaired) electrons. The van der Waals surface area contributed by atoms with E-state index in [-0.39, 0.29) is 12.2 Å². The van der Waals surface area contributed by atoms with Crippen molar-refractivity contribution in [1.29, 1.82) is 0 Å². The Hall–Kier alpha value is -2.93. The van der Waals surface area contributed by atoms with Gasteiger partial charge in [-0.2, -0.15) is 0 Å². The standard InChI is InChI=1S/C16H15N3O4/c1-23-13-7-10(16(21)22)4-5-11(13)8-19-6-2-3-12-15(19)18-14(9-20)17-12/h2-7,20H,8-9H2,1H3,(H,21,22). The number of fused-ring (bicyclic) bond motifs is 1. The monoisotopic (exact) mass is 313 g/mol. The fourth-order valence-corrected chi connectivity index (χ4v) is 2.42. The van der Waals surface area contributed by atoms with Crippen LogP contribution in [0.5, 0.6) is 5.75 Å². The molecule has 0 amide bonds. The van der Waals surface area contributed by atoms with Gasteiger partial charge < -0.3 is 19.5 Å². The molecule has 1 aromatic rings. The Morgan fingerprint density at radius 1 is 1.30 bits per heavy atom. The van der Waals surface area contributed by atoms with Crippen LogP contribution in [0.4, 0.5) is 0 Å². The average Bonchev–Trinajstić information content (AvgIpc) is 2.99. The summed E-state index contributed by atoms with van der Waals surface area (Å²) in [6.45, 7) is 0.231. The van der Waals surface area contributed by atoms with Gasteiger partial charge in [0, 0.05) is 11.8 Å². The number of imidazole rings is 1. The Balaban J connectivity index is 1.99. The SMILES string of the molecule is COc1cc(C(=O)O)ccc1Cn1cccc2nc(CO)nc1-2. The van der Waals surface area contributed by atoms with Gasteiger partial charge >= 0.3 is 5.97 Å². The molecule has 2 N–H and O–H groups in total. The number of methoxy groups -OCH3 is 1. The molecule has 2 aliphatic rings. The molecule has 0 atom stereocenters. The van der Waals surface area contributed by atoms with Crippen molar-refractivity contribution in [2.24, 2.45) is 0 Å². The van der Waals surface area contributed by atoms with Crippen LogP contribution in [0.25, 0.3) is 11.5 Å². The van der Waals surface area contributed by atoms with Crippen LogP contribution < -0.4 is 4.74 Å². The van der Waals surface area contributed by atoms with Crippen molar-refractivity contribution in [2.75, 3.05) is 7.11 Å². The number of rotatable bonds is 5. The van der Waals surface area contributed by atoms with Crippen LogP contribution in [-0.2, 0) is 13.2 Å². The number of carboxylic acid groups (broad SMARTS) is 1. The van der Waals surface area contributed by atoms with Gasteiger partial charge in [-0.05, 0) is 24.3 Å². The zero-order valence-electron chi connectivity index (χ0n) is 12.4. The molecule has 0 fully saturated rings. The second kappa shape index (κ2) is 6.05. The van der Waals surface area contributed by atoms with Crippen LogP contribution in [0, 0.1) is 0 Å². The van der Waals surface area contributed by atoms with Crippen LogP contribution >= 0.6 is 0 Å². The van der Waals surface area contributed by atoms with Crippen molar-refractivity contribution >= 4 is 5.97 Å². The summed E-state index contributed by atoms with van der Waals surface area (Å²) in [6, 6.07) is 8.42. The molecule has 0 aliphatic carbocycles. The van der Waals surface area contributed by atoms with Crippen molar-refractivity contribution in [3.8, 4) is 17.3 Å². The van der Waals surface area contributed by atoms with E-state index in [4.69, 9.17) is 9.84 Å². The van der Waals surface area contributed by atoms with Crippen molar-refractivity contribution in [2.45, 2.75) is 13.2 Å². The number of nitrogens with zero attached hydrogens (tertiary/aromatic N) is 3. The van der Waals surface area contributed by atoms with Crippen LogP contribution in [0.3, 0.4) is 0 Å². The predicted octanol–water partition coefficient (Wildman–Crippen LogP) is 1.63. The highest BCUT2D eigenvalue weighted by molar-refractivity contribution is 5.88. The quantitative estimate of drug-likeness (QED) is 0.743. The number of hydrogen-bond acceptors (Lipinski definition) is 5. The van der Waals surface area contributed by atoms with E-state index >= 15 is 0 Å². The summed E-state index contributed by atoms with van der Waals surface area (Å²) in [4.78, 5) is 19.6. The first-order valence-electron chi connectivity index (χ1n) is 6.95. The van der Waals surface area contributed by atoms with Crippen LogP contribution in [0.15, 0.2) is 36.5 Å². The second-order valence-corrected chi connectivity index (χ2v) is 4.97. The zero-order valence-corrected chi connectivity index (χ0v) is 12.4. The first kappa shape index (κ1) is 15.0. The van der Waals surface area contributed by atoms with Gasteiger partial charge in [0.1, 0.15) is 18.1 Å². The number of aromatic carboxylic acids is 1. The molecule has 2 heterocycles. The highest BCUT2D eigenvalue weighted by atomic mass is 16.5. The molecule has 0 saturated heterocycles. The lowest BCUT2D eigenvalue weighted by Gasteiger charge is -2.13. The van der Waals surface area contributed by atoms with Gasteiger partial charge in [0.05, 0.1) is 19.2 Å². The number of benzene rings is 1. The number of pyridine rings is 1. The van der Waals surface area contributed by atoms with Crippen molar-refractivity contribution < 1.29 is 19.7 Å². The maximum atomic E-state index is 11.0. The minimum atomic E-state index is -1.00. The van der Waals surface area contributed by atoms with Crippen LogP contribution in [-0.4, -0.2) is 37.8 Å². The number of aliphatic hydroxyl groups excluding tert-OH is 1. The van der Waals surface area contributed by atoms with E-state index in [1.165, 1.54) is 19.2 Å². The van der Waals surface area contributed by atoms with Gasteiger partial charge in [0.25, 0.3) is 0 Å². The Kier molecular flexibility index (Phi) is 3.94. The summed E-state index contributed by atoms with van der Waals surface area (Å²) in [5, 5.41) is 18.2. The fourth-order valence-electron chi connectivity index (χ4n) is 2.42. The first-order chi connectivity index (χ1) is 11.1. The van der Waals surface area contributed by atoms with E-state index in [1.807, 2.05) is 22.9 Å². The van der Waals surface area contributed by atoms with Gasteiger partial charge in [0.2, 0.25) is 0 Å². The number of carboxylic acids is 1. The third kappa shape index (κ3) is 2.86. The van der Waals surface area contributed by atoms with Gasteiger partial charge in [0.15, 0.2) is 11.6 Å². The smallest absolute Gasteiger partial charge is 0.335 e. The third-order valence-electron chi connectivity index (χ3n) is 3.52. The minimum Gasteiger partial charge on any atom is -0.496 e. The molecule has 7 nitrogen and oxygen atoms in total. The van der Waals surface area contributed by atoms with E-state index in [0.29, 0.717) is 29.6 Å². The molecular weight excluding hydrogens is 298 g/mol. The molecule has 3 rings (SSSR count). The van der Waals surface area contributed by atoms with Gasteiger partial charge in [-0.1, -0.05) is 6.07 Å². The highest BCUT2D eigenvalue weighted by Gasteiger charge is 2.15. The van der Waals surface area contributed by atoms with Gasteiger partial charge in [-0.3, -0.25) is 0 Å². The summed E-state index contributed by atoms with van der Waals surface area (Å²) < 4.78 is 7.17. The van der Waals surface area contributed by atoms with Crippen molar-refractivity contribution in [3.05, 3.63) is 53.5 Å². The molecule has 0 saturated carbocycles. The first-order valence-corrected chi connectivity index (χ1v) is 6.95. The maximum absolute atomic E-state index is 11.0. The highest BCUT2D eigenvalue weighted by Crippen LogP contribution is 2.25. The molecule has 0 spiro atoms. The van der Waals surface area contributed by atoms with Crippen molar-refractivity contribution in [1.82, 2.24) is 14.5 Å². The molecular formula is C16H15N3O4. The van der Waals surface area contributed by atoms with E-state index < -0.39 is 5.97 Å². The molecule has 2 aliphatic heterocycles. The normalized spacial score (nSPS) is 10.9. The van der Waals surface area contributed by atoms with Crippen molar-refractivity contribution in [3.63, 3.8) is 0 Å². The largest absolute Gasteiger partial charge is 0.496 e. The van der Waals surface area contributed by atoms with Crippen LogP contribution in [0.2, 0.25) is 0 Å². The van der Waals surface area contributed by atoms with Gasteiger partial charge in [-0.15, -0.1) is 0 Å². The zero-order chi connectivity index (χ0) is 16.4. The molecule has 1 aromatic carbocycles. The third-order valence-corrected chi connectivity index (χ3v) is 3.52. The molecule has 0 bridgehead atoms. The number of ether oxygens (including phenoxy) is 1. The molecule has 23 heavy (non-hydrogen) atoms. The maximum Gasteiger partial charge on any atom is 0.335 e. The summed E-state index contributed by atoms with van der Waals surface area (Å²) in [5.74, 6) is 0.518. The molecule has 0 unspecified atom stereocenters. The average molecular weight is 313 g/mol.